The van der Waals surface area contributed by atoms with Gasteiger partial charge in [-0.2, -0.15) is 0 Å². The molecule has 0 radical (unpaired) electrons. The minimum absolute atomic E-state index is 0.105. The summed E-state index contributed by atoms with van der Waals surface area (Å²) >= 11 is 5.74. The zero-order valence-corrected chi connectivity index (χ0v) is 10.6. The van der Waals surface area contributed by atoms with Crippen molar-refractivity contribution < 1.29 is 4.74 Å². The molecular weight excluding hydrogens is 244 g/mol. The Bertz CT molecular complexity index is 541. The molecule has 5 nitrogen and oxygen atoms in total. The van der Waals surface area contributed by atoms with Crippen molar-refractivity contribution in [1.29, 1.82) is 0 Å². The van der Waals surface area contributed by atoms with E-state index >= 15 is 0 Å². The van der Waals surface area contributed by atoms with Crippen LogP contribution in [-0.2, 0) is 11.3 Å². The van der Waals surface area contributed by atoms with Gasteiger partial charge in [-0.25, -0.2) is 4.79 Å². The fourth-order valence-corrected chi connectivity index (χ4v) is 2.24. The van der Waals surface area contributed by atoms with E-state index in [-0.39, 0.29) is 17.3 Å². The summed E-state index contributed by atoms with van der Waals surface area (Å²) in [5.41, 5.74) is -0.914. The summed E-state index contributed by atoms with van der Waals surface area (Å²) in [5.74, 6) is 0. The molecule has 1 aromatic rings. The highest BCUT2D eigenvalue weighted by atomic mass is 35.5. The molecule has 17 heavy (non-hydrogen) atoms. The van der Waals surface area contributed by atoms with Crippen molar-refractivity contribution in [2.24, 2.45) is 0 Å². The van der Waals surface area contributed by atoms with Gasteiger partial charge in [0.15, 0.2) is 0 Å². The average molecular weight is 259 g/mol. The van der Waals surface area contributed by atoms with Gasteiger partial charge in [0.25, 0.3) is 5.56 Å². The van der Waals surface area contributed by atoms with E-state index in [1.54, 1.807) is 6.92 Å². The molecule has 1 aliphatic rings. The first kappa shape index (κ1) is 12.4. The molecule has 1 N–H and O–H groups in total. The Hall–Kier alpha value is -1.07. The minimum atomic E-state index is -0.484. The molecule has 1 fully saturated rings. The van der Waals surface area contributed by atoms with E-state index in [0.29, 0.717) is 12.2 Å². The van der Waals surface area contributed by atoms with Crippen LogP contribution in [0, 0.1) is 6.92 Å². The van der Waals surface area contributed by atoms with Gasteiger partial charge in [0, 0.05) is 12.2 Å². The van der Waals surface area contributed by atoms with Crippen LogP contribution in [0.15, 0.2) is 9.59 Å². The number of aromatic nitrogens is 2. The van der Waals surface area contributed by atoms with Crippen LogP contribution >= 0.6 is 11.6 Å². The van der Waals surface area contributed by atoms with Gasteiger partial charge in [0.1, 0.15) is 5.15 Å². The van der Waals surface area contributed by atoms with Gasteiger partial charge in [-0.15, -0.1) is 0 Å². The quantitative estimate of drug-likeness (QED) is 0.807. The van der Waals surface area contributed by atoms with Crippen molar-refractivity contribution in [3.63, 3.8) is 0 Å². The van der Waals surface area contributed by atoms with Crippen LogP contribution < -0.4 is 11.2 Å². The molecule has 1 unspecified atom stereocenters. The highest BCUT2D eigenvalue weighted by Gasteiger charge is 2.31. The first-order valence-corrected chi connectivity index (χ1v) is 5.94. The van der Waals surface area contributed by atoms with Crippen LogP contribution in [0.4, 0.5) is 0 Å². The van der Waals surface area contributed by atoms with Crippen LogP contribution in [0.1, 0.15) is 25.3 Å². The van der Waals surface area contributed by atoms with Crippen molar-refractivity contribution >= 4 is 11.6 Å². The number of aromatic amines is 1. The Morgan fingerprint density at radius 3 is 2.82 bits per heavy atom. The zero-order chi connectivity index (χ0) is 12.6. The summed E-state index contributed by atoms with van der Waals surface area (Å²) in [4.78, 5) is 26.1. The maximum Gasteiger partial charge on any atom is 0.329 e. The van der Waals surface area contributed by atoms with Crippen molar-refractivity contribution in [3.8, 4) is 0 Å². The number of hydrogen-bond donors (Lipinski definition) is 1. The lowest BCUT2D eigenvalue weighted by Gasteiger charge is -2.23. The summed E-state index contributed by atoms with van der Waals surface area (Å²) in [7, 11) is 0. The molecule has 1 atom stereocenters. The van der Waals surface area contributed by atoms with Crippen LogP contribution in [0.25, 0.3) is 0 Å². The SMILES string of the molecule is Cc1c(Cl)[nH]c(=O)n(CC2(C)CCCO2)c1=O. The molecule has 1 aliphatic heterocycles. The summed E-state index contributed by atoms with van der Waals surface area (Å²) in [6, 6.07) is 0. The monoisotopic (exact) mass is 258 g/mol. The lowest BCUT2D eigenvalue weighted by atomic mass is 10.0. The van der Waals surface area contributed by atoms with Gasteiger partial charge < -0.3 is 4.74 Å². The second-order valence-electron chi connectivity index (χ2n) is 4.66. The van der Waals surface area contributed by atoms with Gasteiger partial charge in [-0.1, -0.05) is 11.6 Å². The third-order valence-electron chi connectivity index (χ3n) is 3.15. The fourth-order valence-electron chi connectivity index (χ4n) is 2.08. The number of rotatable bonds is 2. The van der Waals surface area contributed by atoms with Gasteiger partial charge in [-0.05, 0) is 26.7 Å². The maximum absolute atomic E-state index is 11.9. The van der Waals surface area contributed by atoms with E-state index in [0.717, 1.165) is 17.4 Å². The molecule has 0 aliphatic carbocycles. The summed E-state index contributed by atoms with van der Waals surface area (Å²) < 4.78 is 6.74. The normalized spacial score (nSPS) is 24.2. The van der Waals surface area contributed by atoms with Crippen molar-refractivity contribution in [3.05, 3.63) is 31.6 Å². The largest absolute Gasteiger partial charge is 0.373 e. The number of ether oxygens (including phenoxy) is 1. The molecule has 94 valence electrons. The zero-order valence-electron chi connectivity index (χ0n) is 9.88. The van der Waals surface area contributed by atoms with E-state index in [9.17, 15) is 9.59 Å². The summed E-state index contributed by atoms with van der Waals surface area (Å²) in [6.07, 6.45) is 1.80. The smallest absolute Gasteiger partial charge is 0.329 e. The number of nitrogens with one attached hydrogen (secondary N) is 1. The molecule has 0 amide bonds. The molecule has 0 spiro atoms. The van der Waals surface area contributed by atoms with Gasteiger partial charge in [-0.3, -0.25) is 14.3 Å². The van der Waals surface area contributed by atoms with E-state index in [4.69, 9.17) is 16.3 Å². The summed E-state index contributed by atoms with van der Waals surface area (Å²) in [5, 5.41) is 0.105. The molecule has 6 heteroatoms. The minimum Gasteiger partial charge on any atom is -0.373 e. The van der Waals surface area contributed by atoms with Crippen LogP contribution in [0.2, 0.25) is 5.15 Å². The molecule has 0 bridgehead atoms. The highest BCUT2D eigenvalue weighted by molar-refractivity contribution is 6.30. The third kappa shape index (κ3) is 2.30. The predicted molar refractivity (Wildman–Crippen MR) is 64.7 cm³/mol. The average Bonchev–Trinajstić information content (AvgIpc) is 2.69. The highest BCUT2D eigenvalue weighted by Crippen LogP contribution is 2.25. The maximum atomic E-state index is 11.9. The fraction of sp³-hybridized carbons (Fsp3) is 0.636. The predicted octanol–water partition coefficient (Wildman–Crippen LogP) is 1.07. The molecule has 0 aromatic carbocycles. The second-order valence-corrected chi connectivity index (χ2v) is 5.04. The Kier molecular flexibility index (Phi) is 3.14. The first-order chi connectivity index (χ1) is 7.93. The van der Waals surface area contributed by atoms with Gasteiger partial charge >= 0.3 is 5.69 Å². The molecule has 2 heterocycles. The van der Waals surface area contributed by atoms with E-state index < -0.39 is 11.3 Å². The first-order valence-electron chi connectivity index (χ1n) is 5.56. The lowest BCUT2D eigenvalue weighted by Crippen LogP contribution is -2.43. The summed E-state index contributed by atoms with van der Waals surface area (Å²) in [6.45, 7) is 4.44. The van der Waals surface area contributed by atoms with Crippen LogP contribution in [0.5, 0.6) is 0 Å². The molecule has 2 rings (SSSR count). The van der Waals surface area contributed by atoms with Gasteiger partial charge in [0.2, 0.25) is 0 Å². The van der Waals surface area contributed by atoms with E-state index in [1.807, 2.05) is 6.92 Å². The topological polar surface area (TPSA) is 64.1 Å². The second kappa shape index (κ2) is 4.31. The third-order valence-corrected chi connectivity index (χ3v) is 3.53. The molecular formula is C11H15ClN2O3. The van der Waals surface area contributed by atoms with Crippen LogP contribution in [0.3, 0.4) is 0 Å². The standard InChI is InChI=1S/C11H15ClN2O3/c1-7-8(12)13-10(16)14(9(7)15)6-11(2)4-3-5-17-11/h3-6H2,1-2H3,(H,13,16). The molecule has 1 aromatic heterocycles. The van der Waals surface area contributed by atoms with Crippen molar-refractivity contribution in [2.45, 2.75) is 38.8 Å². The molecule has 0 saturated carbocycles. The van der Waals surface area contributed by atoms with E-state index in [1.165, 1.54) is 0 Å². The Labute approximate surface area is 103 Å². The van der Waals surface area contributed by atoms with Crippen molar-refractivity contribution in [1.82, 2.24) is 9.55 Å². The Balaban J connectivity index is 2.43. The van der Waals surface area contributed by atoms with Crippen molar-refractivity contribution in [2.75, 3.05) is 6.61 Å². The number of halogens is 1. The molecule has 1 saturated heterocycles. The number of nitrogens with zero attached hydrogens (tertiary/aromatic N) is 1. The number of hydrogen-bond acceptors (Lipinski definition) is 3. The van der Waals surface area contributed by atoms with E-state index in [2.05, 4.69) is 4.98 Å². The van der Waals surface area contributed by atoms with Crippen LogP contribution in [-0.4, -0.2) is 21.8 Å². The number of H-pyrrole nitrogens is 1. The van der Waals surface area contributed by atoms with Gasteiger partial charge in [0.05, 0.1) is 12.1 Å². The Morgan fingerprint density at radius 2 is 2.24 bits per heavy atom. The Morgan fingerprint density at radius 1 is 1.53 bits per heavy atom. The lowest BCUT2D eigenvalue weighted by molar-refractivity contribution is 0.00446.